The third kappa shape index (κ3) is 3.28. The first kappa shape index (κ1) is 12.6. The Morgan fingerprint density at radius 1 is 1.53 bits per heavy atom. The summed E-state index contributed by atoms with van der Waals surface area (Å²) in [7, 11) is 0. The monoisotopic (exact) mass is 239 g/mol. The van der Waals surface area contributed by atoms with E-state index in [2.05, 4.69) is 21.8 Å². The first-order valence-electron chi connectivity index (χ1n) is 6.66. The quantitative estimate of drug-likeness (QED) is 0.853. The molecule has 1 aliphatic heterocycles. The molecule has 1 aromatic rings. The van der Waals surface area contributed by atoms with Crippen molar-refractivity contribution < 1.29 is 4.39 Å². The summed E-state index contributed by atoms with van der Waals surface area (Å²) in [6.07, 6.45) is 6.43. The molecule has 0 radical (unpaired) electrons. The number of rotatable bonds is 5. The molecule has 1 atom stereocenters. The molecule has 0 spiro atoms. The van der Waals surface area contributed by atoms with Crippen LogP contribution in [0.2, 0.25) is 0 Å². The van der Waals surface area contributed by atoms with Crippen LogP contribution in [0.1, 0.15) is 32.0 Å². The number of nitrogens with one attached hydrogen (secondary N) is 1. The van der Waals surface area contributed by atoms with Crippen molar-refractivity contribution in [2.24, 2.45) is 5.92 Å². The normalized spacial score (nSPS) is 19.4. The van der Waals surface area contributed by atoms with Crippen molar-refractivity contribution in [3.05, 3.63) is 18.2 Å². The number of halogens is 1. The zero-order valence-electron chi connectivity index (χ0n) is 10.5. The van der Waals surface area contributed by atoms with E-state index in [0.717, 1.165) is 44.7 Å². The van der Waals surface area contributed by atoms with Gasteiger partial charge in [-0.15, -0.1) is 0 Å². The molecule has 0 saturated carbocycles. The molecular formula is C13H22FN3. The summed E-state index contributed by atoms with van der Waals surface area (Å²) >= 11 is 0. The van der Waals surface area contributed by atoms with Crippen LogP contribution in [0, 0.1) is 5.92 Å². The zero-order valence-corrected chi connectivity index (χ0v) is 10.5. The standard InChI is InChI=1S/C13H22FN3/c1-2-8-17-9-7-16-13(17)10-12(14)11-3-5-15-6-4-11/h7,9,11-12,15H,2-6,8,10H2,1H3. The molecule has 1 aliphatic rings. The van der Waals surface area contributed by atoms with Crippen molar-refractivity contribution >= 4 is 0 Å². The SMILES string of the molecule is CCCn1ccnc1CC(F)C1CCNCC1. The lowest BCUT2D eigenvalue weighted by atomic mass is 9.91. The maximum atomic E-state index is 14.2. The molecule has 17 heavy (non-hydrogen) atoms. The molecule has 1 N–H and O–H groups in total. The van der Waals surface area contributed by atoms with Crippen LogP contribution in [0.3, 0.4) is 0 Å². The van der Waals surface area contributed by atoms with Crippen LogP contribution in [-0.2, 0) is 13.0 Å². The van der Waals surface area contributed by atoms with Crippen molar-refractivity contribution in [1.29, 1.82) is 0 Å². The molecule has 1 aromatic heterocycles. The van der Waals surface area contributed by atoms with Crippen molar-refractivity contribution in [3.8, 4) is 0 Å². The van der Waals surface area contributed by atoms with Gasteiger partial charge in [-0.3, -0.25) is 0 Å². The van der Waals surface area contributed by atoms with Gasteiger partial charge in [-0.1, -0.05) is 6.92 Å². The van der Waals surface area contributed by atoms with E-state index in [1.54, 1.807) is 6.20 Å². The van der Waals surface area contributed by atoms with Crippen molar-refractivity contribution in [3.63, 3.8) is 0 Å². The molecular weight excluding hydrogens is 217 g/mol. The fraction of sp³-hybridized carbons (Fsp3) is 0.769. The van der Waals surface area contributed by atoms with E-state index in [4.69, 9.17) is 0 Å². The second-order valence-electron chi connectivity index (χ2n) is 4.84. The minimum atomic E-state index is -0.741. The number of alkyl halides is 1. The predicted octanol–water partition coefficient (Wildman–Crippen LogP) is 2.17. The summed E-state index contributed by atoms with van der Waals surface area (Å²) in [5, 5.41) is 3.27. The van der Waals surface area contributed by atoms with Gasteiger partial charge in [-0.2, -0.15) is 0 Å². The number of aryl methyl sites for hydroxylation is 1. The van der Waals surface area contributed by atoms with Gasteiger partial charge >= 0.3 is 0 Å². The molecule has 0 amide bonds. The molecule has 96 valence electrons. The molecule has 2 heterocycles. The molecule has 0 aliphatic carbocycles. The highest BCUT2D eigenvalue weighted by Gasteiger charge is 2.24. The Morgan fingerprint density at radius 2 is 2.29 bits per heavy atom. The van der Waals surface area contributed by atoms with Crippen LogP contribution in [-0.4, -0.2) is 28.8 Å². The Hall–Kier alpha value is -0.900. The number of aromatic nitrogens is 2. The highest BCUT2D eigenvalue weighted by molar-refractivity contribution is 4.95. The summed E-state index contributed by atoms with van der Waals surface area (Å²) in [4.78, 5) is 4.28. The van der Waals surface area contributed by atoms with Gasteiger partial charge in [0.1, 0.15) is 12.0 Å². The van der Waals surface area contributed by atoms with Gasteiger partial charge in [-0.25, -0.2) is 9.37 Å². The minimum absolute atomic E-state index is 0.211. The molecule has 3 nitrogen and oxygen atoms in total. The summed E-state index contributed by atoms with van der Waals surface area (Å²) < 4.78 is 16.3. The zero-order chi connectivity index (χ0) is 12.1. The second kappa shape index (κ2) is 6.15. The smallest absolute Gasteiger partial charge is 0.111 e. The summed E-state index contributed by atoms with van der Waals surface area (Å²) in [5.74, 6) is 1.11. The van der Waals surface area contributed by atoms with E-state index in [0.29, 0.717) is 6.42 Å². The van der Waals surface area contributed by atoms with Crippen LogP contribution in [0.5, 0.6) is 0 Å². The Kier molecular flexibility index (Phi) is 4.54. The van der Waals surface area contributed by atoms with Crippen LogP contribution in [0.15, 0.2) is 12.4 Å². The van der Waals surface area contributed by atoms with E-state index in [1.807, 2.05) is 6.20 Å². The van der Waals surface area contributed by atoms with Crippen LogP contribution in [0.25, 0.3) is 0 Å². The third-order valence-corrected chi connectivity index (χ3v) is 3.54. The Bertz CT molecular complexity index is 331. The molecule has 1 saturated heterocycles. The van der Waals surface area contributed by atoms with Crippen molar-refractivity contribution in [1.82, 2.24) is 14.9 Å². The van der Waals surface area contributed by atoms with Crippen LogP contribution >= 0.6 is 0 Å². The minimum Gasteiger partial charge on any atom is -0.335 e. The highest BCUT2D eigenvalue weighted by atomic mass is 19.1. The Labute approximate surface area is 102 Å². The van der Waals surface area contributed by atoms with Gasteiger partial charge in [0.15, 0.2) is 0 Å². The lowest BCUT2D eigenvalue weighted by Gasteiger charge is -2.25. The predicted molar refractivity (Wildman–Crippen MR) is 66.7 cm³/mol. The van der Waals surface area contributed by atoms with E-state index in [-0.39, 0.29) is 5.92 Å². The maximum Gasteiger partial charge on any atom is 0.111 e. The average molecular weight is 239 g/mol. The van der Waals surface area contributed by atoms with Gasteiger partial charge < -0.3 is 9.88 Å². The lowest BCUT2D eigenvalue weighted by molar-refractivity contribution is 0.183. The van der Waals surface area contributed by atoms with E-state index in [1.165, 1.54) is 0 Å². The third-order valence-electron chi connectivity index (χ3n) is 3.54. The summed E-state index contributed by atoms with van der Waals surface area (Å²) in [6.45, 7) is 4.97. The van der Waals surface area contributed by atoms with Crippen LogP contribution in [0.4, 0.5) is 4.39 Å². The molecule has 1 fully saturated rings. The lowest BCUT2D eigenvalue weighted by Crippen LogP contribution is -2.33. The van der Waals surface area contributed by atoms with E-state index >= 15 is 0 Å². The number of hydrogen-bond acceptors (Lipinski definition) is 2. The Balaban J connectivity index is 1.92. The van der Waals surface area contributed by atoms with Crippen molar-refractivity contribution in [2.75, 3.05) is 13.1 Å². The largest absolute Gasteiger partial charge is 0.335 e. The van der Waals surface area contributed by atoms with Gasteiger partial charge in [0.05, 0.1) is 0 Å². The molecule has 0 bridgehead atoms. The van der Waals surface area contributed by atoms with Crippen molar-refractivity contribution in [2.45, 2.75) is 45.3 Å². The maximum absolute atomic E-state index is 14.2. The Morgan fingerprint density at radius 3 is 3.00 bits per heavy atom. The number of imidazole rings is 1. The first-order valence-corrected chi connectivity index (χ1v) is 6.66. The average Bonchev–Trinajstić information content (AvgIpc) is 2.78. The second-order valence-corrected chi connectivity index (χ2v) is 4.84. The van der Waals surface area contributed by atoms with Gasteiger partial charge in [-0.05, 0) is 38.3 Å². The topological polar surface area (TPSA) is 29.9 Å². The molecule has 1 unspecified atom stereocenters. The van der Waals surface area contributed by atoms with Gasteiger partial charge in [0, 0.05) is 25.4 Å². The van der Waals surface area contributed by atoms with E-state index in [9.17, 15) is 4.39 Å². The number of nitrogens with zero attached hydrogens (tertiary/aromatic N) is 2. The van der Waals surface area contributed by atoms with Crippen LogP contribution < -0.4 is 5.32 Å². The number of hydrogen-bond donors (Lipinski definition) is 1. The fourth-order valence-corrected chi connectivity index (χ4v) is 2.52. The highest BCUT2D eigenvalue weighted by Crippen LogP contribution is 2.22. The molecule has 4 heteroatoms. The van der Waals surface area contributed by atoms with Gasteiger partial charge in [0.25, 0.3) is 0 Å². The molecule has 0 aromatic carbocycles. The number of piperidine rings is 1. The van der Waals surface area contributed by atoms with E-state index < -0.39 is 6.17 Å². The van der Waals surface area contributed by atoms with Gasteiger partial charge in [0.2, 0.25) is 0 Å². The molecule has 2 rings (SSSR count). The fourth-order valence-electron chi connectivity index (χ4n) is 2.52. The summed E-state index contributed by atoms with van der Waals surface area (Å²) in [6, 6.07) is 0. The first-order chi connectivity index (χ1) is 8.31. The summed E-state index contributed by atoms with van der Waals surface area (Å²) in [5.41, 5.74) is 0.